The minimum absolute atomic E-state index is 0.209. The number of hydrogen-bond acceptors (Lipinski definition) is 8. The third-order valence-electron chi connectivity index (χ3n) is 3.79. The van der Waals surface area contributed by atoms with Crippen molar-refractivity contribution in [2.24, 2.45) is 0 Å². The van der Waals surface area contributed by atoms with Crippen molar-refractivity contribution in [2.45, 2.75) is 52.7 Å². The summed E-state index contributed by atoms with van der Waals surface area (Å²) in [6.07, 6.45) is 0.631. The van der Waals surface area contributed by atoms with Crippen molar-refractivity contribution in [3.8, 4) is 11.5 Å². The number of amides is 2. The Morgan fingerprint density at radius 3 is 1.17 bits per heavy atom. The summed E-state index contributed by atoms with van der Waals surface area (Å²) in [6.45, 7) is 10.5. The molecule has 2 amide bonds. The quantitative estimate of drug-likeness (QED) is 0.306. The van der Waals surface area contributed by atoms with Gasteiger partial charge in [0.05, 0.1) is 0 Å². The SMILES string of the molecule is CC(C)(C)OC(=O)Nc1ccc(OC(=O)/C=C/C(=O)Oc2ccc(NC(=O)OC(C)(C)C)cc2)cc1. The molecule has 2 N–H and O–H groups in total. The van der Waals surface area contributed by atoms with Gasteiger partial charge in [-0.3, -0.25) is 10.6 Å². The Morgan fingerprint density at radius 1 is 0.583 bits per heavy atom. The van der Waals surface area contributed by atoms with E-state index < -0.39 is 35.3 Å². The first-order valence-electron chi connectivity index (χ1n) is 11.0. The molecular weight excluding hydrogens is 468 g/mol. The second kappa shape index (κ2) is 11.9. The zero-order valence-electron chi connectivity index (χ0n) is 21.0. The first-order valence-corrected chi connectivity index (χ1v) is 11.0. The lowest BCUT2D eigenvalue weighted by atomic mass is 10.2. The number of carbonyl (C=O) groups excluding carboxylic acids is 4. The third kappa shape index (κ3) is 11.2. The van der Waals surface area contributed by atoms with E-state index in [0.717, 1.165) is 12.2 Å². The van der Waals surface area contributed by atoms with Crippen LogP contribution in [-0.4, -0.2) is 35.3 Å². The zero-order chi connectivity index (χ0) is 26.9. The van der Waals surface area contributed by atoms with Gasteiger partial charge in [-0.05, 0) is 90.1 Å². The van der Waals surface area contributed by atoms with Crippen LogP contribution >= 0.6 is 0 Å². The number of ether oxygens (including phenoxy) is 4. The average Bonchev–Trinajstić information content (AvgIpc) is 2.72. The van der Waals surface area contributed by atoms with Crippen molar-refractivity contribution < 1.29 is 38.1 Å². The minimum atomic E-state index is -0.795. The maximum absolute atomic E-state index is 12.0. The molecule has 0 heterocycles. The lowest BCUT2D eigenvalue weighted by molar-refractivity contribution is -0.131. The highest BCUT2D eigenvalue weighted by molar-refractivity contribution is 5.93. The molecule has 0 saturated heterocycles. The highest BCUT2D eigenvalue weighted by Gasteiger charge is 2.17. The van der Waals surface area contributed by atoms with Gasteiger partial charge in [-0.25, -0.2) is 19.2 Å². The fraction of sp³-hybridized carbons (Fsp3) is 0.308. The molecule has 0 fully saturated rings. The normalized spacial score (nSPS) is 11.4. The number of anilines is 2. The van der Waals surface area contributed by atoms with E-state index in [4.69, 9.17) is 18.9 Å². The molecule has 2 aromatic carbocycles. The second-order valence-electron chi connectivity index (χ2n) is 9.48. The Hall–Kier alpha value is -4.34. The molecule has 2 rings (SSSR count). The summed E-state index contributed by atoms with van der Waals surface area (Å²) in [4.78, 5) is 47.5. The monoisotopic (exact) mass is 498 g/mol. The van der Waals surface area contributed by atoms with Crippen LogP contribution < -0.4 is 20.1 Å². The maximum Gasteiger partial charge on any atom is 0.412 e. The van der Waals surface area contributed by atoms with E-state index >= 15 is 0 Å². The molecule has 0 bridgehead atoms. The molecule has 0 radical (unpaired) electrons. The van der Waals surface area contributed by atoms with Crippen LogP contribution in [0.5, 0.6) is 11.5 Å². The third-order valence-corrected chi connectivity index (χ3v) is 3.79. The van der Waals surface area contributed by atoms with Gasteiger partial charge in [0, 0.05) is 23.5 Å². The lowest BCUT2D eigenvalue weighted by Crippen LogP contribution is -2.27. The first kappa shape index (κ1) is 27.9. The van der Waals surface area contributed by atoms with Crippen molar-refractivity contribution in [3.05, 3.63) is 60.7 Å². The number of nitrogens with one attached hydrogen (secondary N) is 2. The standard InChI is InChI=1S/C26H30N2O8/c1-25(2,3)35-23(31)27-17-7-11-19(12-8-17)33-21(29)15-16-22(30)34-20-13-9-18(10-14-20)28-24(32)36-26(4,5)6/h7-16H,1-6H3,(H,27,31)(H,28,32)/b16-15+. The lowest BCUT2D eigenvalue weighted by Gasteiger charge is -2.19. The summed E-state index contributed by atoms with van der Waals surface area (Å²) in [5.74, 6) is -1.17. The molecule has 192 valence electrons. The molecule has 0 atom stereocenters. The van der Waals surface area contributed by atoms with Crippen LogP contribution in [0, 0.1) is 0 Å². The Bertz CT molecular complexity index is 1020. The van der Waals surface area contributed by atoms with Crippen LogP contribution in [0.3, 0.4) is 0 Å². The van der Waals surface area contributed by atoms with Crippen LogP contribution in [0.15, 0.2) is 60.7 Å². The maximum atomic E-state index is 12.0. The average molecular weight is 499 g/mol. The Labute approximate surface area is 209 Å². The topological polar surface area (TPSA) is 129 Å². The van der Waals surface area contributed by atoms with E-state index in [1.165, 1.54) is 48.5 Å². The van der Waals surface area contributed by atoms with E-state index in [9.17, 15) is 19.2 Å². The van der Waals surface area contributed by atoms with Crippen LogP contribution in [0.4, 0.5) is 21.0 Å². The summed E-state index contributed by atoms with van der Waals surface area (Å²) >= 11 is 0. The molecule has 10 heteroatoms. The van der Waals surface area contributed by atoms with Gasteiger partial charge < -0.3 is 18.9 Å². The van der Waals surface area contributed by atoms with E-state index in [0.29, 0.717) is 11.4 Å². The Kier molecular flexibility index (Phi) is 9.20. The zero-order valence-corrected chi connectivity index (χ0v) is 21.0. The van der Waals surface area contributed by atoms with Crippen molar-refractivity contribution in [3.63, 3.8) is 0 Å². The Morgan fingerprint density at radius 2 is 0.889 bits per heavy atom. The van der Waals surface area contributed by atoms with Crippen LogP contribution in [0.25, 0.3) is 0 Å². The van der Waals surface area contributed by atoms with Crippen LogP contribution in [0.1, 0.15) is 41.5 Å². The second-order valence-corrected chi connectivity index (χ2v) is 9.48. The van der Waals surface area contributed by atoms with Crippen LogP contribution in [-0.2, 0) is 19.1 Å². The fourth-order valence-electron chi connectivity index (χ4n) is 2.49. The number of hydrogen-bond donors (Lipinski definition) is 2. The highest BCUT2D eigenvalue weighted by Crippen LogP contribution is 2.19. The summed E-state index contributed by atoms with van der Waals surface area (Å²) in [5.41, 5.74) is -0.351. The molecule has 2 aromatic rings. The minimum Gasteiger partial charge on any atom is -0.444 e. The van der Waals surface area contributed by atoms with Gasteiger partial charge in [0.1, 0.15) is 22.7 Å². The molecule has 0 aliphatic heterocycles. The first-order chi connectivity index (χ1) is 16.7. The molecule has 0 spiro atoms. The summed E-state index contributed by atoms with van der Waals surface area (Å²) in [5, 5.41) is 5.12. The van der Waals surface area contributed by atoms with E-state index in [1.807, 2.05) is 0 Å². The fourth-order valence-corrected chi connectivity index (χ4v) is 2.49. The smallest absolute Gasteiger partial charge is 0.412 e. The molecule has 0 aromatic heterocycles. The summed E-state index contributed by atoms with van der Waals surface area (Å²) < 4.78 is 20.5. The van der Waals surface area contributed by atoms with Gasteiger partial charge in [0.2, 0.25) is 0 Å². The number of rotatable bonds is 6. The van der Waals surface area contributed by atoms with Gasteiger partial charge in [-0.15, -0.1) is 0 Å². The molecule has 0 saturated carbocycles. The van der Waals surface area contributed by atoms with Crippen molar-refractivity contribution in [2.75, 3.05) is 10.6 Å². The number of esters is 2. The summed E-state index contributed by atoms with van der Waals surface area (Å²) in [6, 6.07) is 12.0. The molecule has 0 aliphatic carbocycles. The van der Waals surface area contributed by atoms with E-state index in [-0.39, 0.29) is 11.5 Å². The molecule has 10 nitrogen and oxygen atoms in total. The molecule has 36 heavy (non-hydrogen) atoms. The molecule has 0 aliphatic rings. The van der Waals surface area contributed by atoms with Crippen molar-refractivity contribution >= 4 is 35.5 Å². The van der Waals surface area contributed by atoms with Gasteiger partial charge in [-0.2, -0.15) is 0 Å². The number of benzene rings is 2. The highest BCUT2D eigenvalue weighted by atomic mass is 16.6. The van der Waals surface area contributed by atoms with Crippen LogP contribution in [0.2, 0.25) is 0 Å². The van der Waals surface area contributed by atoms with E-state index in [2.05, 4.69) is 10.6 Å². The predicted molar refractivity (Wildman–Crippen MR) is 133 cm³/mol. The van der Waals surface area contributed by atoms with Gasteiger partial charge >= 0.3 is 24.1 Å². The predicted octanol–water partition coefficient (Wildman–Crippen LogP) is 5.45. The summed E-state index contributed by atoms with van der Waals surface area (Å²) in [7, 11) is 0. The van der Waals surface area contributed by atoms with Crippen molar-refractivity contribution in [1.82, 2.24) is 0 Å². The number of carbonyl (C=O) groups is 4. The van der Waals surface area contributed by atoms with Gasteiger partial charge in [-0.1, -0.05) is 0 Å². The van der Waals surface area contributed by atoms with Gasteiger partial charge in [0.15, 0.2) is 0 Å². The Balaban J connectivity index is 1.81. The molecule has 0 unspecified atom stereocenters. The van der Waals surface area contributed by atoms with Crippen molar-refractivity contribution in [1.29, 1.82) is 0 Å². The van der Waals surface area contributed by atoms with E-state index in [1.54, 1.807) is 41.5 Å². The largest absolute Gasteiger partial charge is 0.444 e. The van der Waals surface area contributed by atoms with Gasteiger partial charge in [0.25, 0.3) is 0 Å². The molecular formula is C26H30N2O8.